The lowest BCUT2D eigenvalue weighted by Gasteiger charge is -1.93. The summed E-state index contributed by atoms with van der Waals surface area (Å²) in [6, 6.07) is 9.11. The van der Waals surface area contributed by atoms with Gasteiger partial charge in [0.15, 0.2) is 5.69 Å². The fraction of sp³-hybridized carbons (Fsp3) is 0. The molecule has 0 aliphatic heterocycles. The summed E-state index contributed by atoms with van der Waals surface area (Å²) in [5, 5.41) is 6.44. The lowest BCUT2D eigenvalue weighted by molar-refractivity contribution is 0.439. The van der Waals surface area contributed by atoms with Gasteiger partial charge in [-0.2, -0.15) is 0 Å². The Morgan fingerprint density at radius 1 is 1.29 bits per heavy atom. The van der Waals surface area contributed by atoms with Gasteiger partial charge in [0.25, 0.3) is 5.88 Å². The third kappa shape index (κ3) is 1.24. The molecule has 5 heteroatoms. The number of nitrogens with two attached hydrogens (primary N) is 1. The third-order valence-corrected chi connectivity index (χ3v) is 1.83. The number of rotatable bonds is 2. The van der Waals surface area contributed by atoms with Gasteiger partial charge in [0.05, 0.1) is 0 Å². The van der Waals surface area contributed by atoms with E-state index in [4.69, 9.17) is 5.73 Å². The largest absolute Gasteiger partial charge is 0.366 e. The highest BCUT2D eigenvalue weighted by Crippen LogP contribution is 2.33. The van der Waals surface area contributed by atoms with Crippen molar-refractivity contribution >= 4 is 11.6 Å². The van der Waals surface area contributed by atoms with E-state index in [1.807, 2.05) is 18.2 Å². The first-order valence-electron chi connectivity index (χ1n) is 3.97. The van der Waals surface area contributed by atoms with E-state index in [9.17, 15) is 4.91 Å². The Hall–Kier alpha value is -2.17. The lowest BCUT2D eigenvalue weighted by atomic mass is 10.1. The predicted molar refractivity (Wildman–Crippen MR) is 51.8 cm³/mol. The van der Waals surface area contributed by atoms with Crippen LogP contribution in [0.25, 0.3) is 11.3 Å². The van der Waals surface area contributed by atoms with Crippen LogP contribution in [0, 0.1) is 4.91 Å². The first-order chi connectivity index (χ1) is 6.83. The zero-order chi connectivity index (χ0) is 9.97. The molecule has 0 bridgehead atoms. The molecule has 1 heterocycles. The van der Waals surface area contributed by atoms with Crippen molar-refractivity contribution in [2.45, 2.75) is 0 Å². The van der Waals surface area contributed by atoms with E-state index in [1.165, 1.54) is 0 Å². The Bertz CT molecular complexity index is 450. The Morgan fingerprint density at radius 3 is 2.64 bits per heavy atom. The molecule has 1 aromatic heterocycles. The summed E-state index contributed by atoms with van der Waals surface area (Å²) in [5.74, 6) is -0.0566. The predicted octanol–water partition coefficient (Wildman–Crippen LogP) is 2.32. The molecule has 0 amide bonds. The molecule has 0 fully saturated rings. The second-order valence-electron chi connectivity index (χ2n) is 2.70. The average Bonchev–Trinajstić information content (AvgIpc) is 2.61. The van der Waals surface area contributed by atoms with Crippen LogP contribution >= 0.6 is 0 Å². The maximum atomic E-state index is 10.5. The summed E-state index contributed by atoms with van der Waals surface area (Å²) in [4.78, 5) is 10.5. The zero-order valence-electron chi connectivity index (χ0n) is 7.18. The maximum Gasteiger partial charge on any atom is 0.252 e. The van der Waals surface area contributed by atoms with Crippen LogP contribution in [-0.2, 0) is 0 Å². The van der Waals surface area contributed by atoms with Gasteiger partial charge >= 0.3 is 0 Å². The number of nitroso groups, excluding NO2 is 1. The fourth-order valence-electron chi connectivity index (χ4n) is 1.17. The standard InChI is InChI=1S/C9H7N3O2/c10-9-8(11-13)7(12-14-9)6-4-2-1-3-5-6/h1-5H,10H2. The van der Waals surface area contributed by atoms with Gasteiger partial charge in [0.1, 0.15) is 5.69 Å². The van der Waals surface area contributed by atoms with E-state index in [-0.39, 0.29) is 11.6 Å². The molecule has 0 aliphatic rings. The molecule has 0 spiro atoms. The summed E-state index contributed by atoms with van der Waals surface area (Å²) in [5.41, 5.74) is 6.54. The summed E-state index contributed by atoms with van der Waals surface area (Å²) in [7, 11) is 0. The molecule has 2 rings (SSSR count). The normalized spacial score (nSPS) is 10.0. The number of aromatic nitrogens is 1. The van der Waals surface area contributed by atoms with Crippen LogP contribution in [-0.4, -0.2) is 5.16 Å². The van der Waals surface area contributed by atoms with Crippen LogP contribution in [0.3, 0.4) is 0 Å². The maximum absolute atomic E-state index is 10.5. The number of hydrogen-bond acceptors (Lipinski definition) is 5. The molecule has 0 radical (unpaired) electrons. The van der Waals surface area contributed by atoms with E-state index in [1.54, 1.807) is 12.1 Å². The molecule has 1 aromatic carbocycles. The third-order valence-electron chi connectivity index (χ3n) is 1.83. The van der Waals surface area contributed by atoms with Gasteiger partial charge in [0, 0.05) is 5.56 Å². The van der Waals surface area contributed by atoms with Crippen molar-refractivity contribution in [1.82, 2.24) is 5.16 Å². The average molecular weight is 189 g/mol. The van der Waals surface area contributed by atoms with Gasteiger partial charge in [-0.25, -0.2) is 0 Å². The highest BCUT2D eigenvalue weighted by molar-refractivity contribution is 5.77. The summed E-state index contributed by atoms with van der Waals surface area (Å²) in [6.45, 7) is 0. The van der Waals surface area contributed by atoms with E-state index < -0.39 is 0 Å². The van der Waals surface area contributed by atoms with Gasteiger partial charge in [0.2, 0.25) is 0 Å². The van der Waals surface area contributed by atoms with E-state index in [2.05, 4.69) is 14.9 Å². The molecule has 5 nitrogen and oxygen atoms in total. The first-order valence-corrected chi connectivity index (χ1v) is 3.97. The van der Waals surface area contributed by atoms with Gasteiger partial charge in [-0.15, -0.1) is 4.91 Å². The quantitative estimate of drug-likeness (QED) is 0.735. The minimum absolute atomic E-state index is 0.0520. The second kappa shape index (κ2) is 3.29. The highest BCUT2D eigenvalue weighted by atomic mass is 16.5. The summed E-state index contributed by atoms with van der Waals surface area (Å²) in [6.07, 6.45) is 0. The van der Waals surface area contributed by atoms with Gasteiger partial charge in [-0.1, -0.05) is 35.5 Å². The van der Waals surface area contributed by atoms with Crippen LogP contribution in [0.4, 0.5) is 11.6 Å². The summed E-state index contributed by atoms with van der Waals surface area (Å²) < 4.78 is 4.67. The first kappa shape index (κ1) is 8.43. The molecule has 0 saturated carbocycles. The molecule has 2 N–H and O–H groups in total. The zero-order valence-corrected chi connectivity index (χ0v) is 7.18. The van der Waals surface area contributed by atoms with Crippen LogP contribution in [0.1, 0.15) is 0 Å². The Labute approximate surface area is 79.5 Å². The van der Waals surface area contributed by atoms with Crippen LogP contribution in [0.5, 0.6) is 0 Å². The van der Waals surface area contributed by atoms with Crippen molar-refractivity contribution in [3.8, 4) is 11.3 Å². The van der Waals surface area contributed by atoms with Gasteiger partial charge in [-0.05, 0) is 5.18 Å². The lowest BCUT2D eigenvalue weighted by Crippen LogP contribution is -1.80. The van der Waals surface area contributed by atoms with Crippen LogP contribution in [0.15, 0.2) is 40.0 Å². The summed E-state index contributed by atoms with van der Waals surface area (Å²) >= 11 is 0. The smallest absolute Gasteiger partial charge is 0.252 e. The van der Waals surface area contributed by atoms with Crippen molar-refractivity contribution in [2.24, 2.45) is 5.18 Å². The highest BCUT2D eigenvalue weighted by Gasteiger charge is 2.15. The van der Waals surface area contributed by atoms with E-state index in [0.717, 1.165) is 5.56 Å². The number of nitrogens with zero attached hydrogens (tertiary/aromatic N) is 2. The minimum atomic E-state index is -0.0566. The van der Waals surface area contributed by atoms with Crippen LogP contribution < -0.4 is 5.73 Å². The van der Waals surface area contributed by atoms with Crippen molar-refractivity contribution in [3.05, 3.63) is 35.2 Å². The molecule has 0 atom stereocenters. The molecule has 2 aromatic rings. The molecule has 14 heavy (non-hydrogen) atoms. The fourth-order valence-corrected chi connectivity index (χ4v) is 1.17. The monoisotopic (exact) mass is 189 g/mol. The molecular weight excluding hydrogens is 182 g/mol. The molecule has 70 valence electrons. The second-order valence-corrected chi connectivity index (χ2v) is 2.70. The van der Waals surface area contributed by atoms with Crippen molar-refractivity contribution < 1.29 is 4.52 Å². The van der Waals surface area contributed by atoms with Crippen molar-refractivity contribution in [1.29, 1.82) is 0 Å². The van der Waals surface area contributed by atoms with E-state index in [0.29, 0.717) is 5.69 Å². The van der Waals surface area contributed by atoms with Crippen molar-refractivity contribution in [3.63, 3.8) is 0 Å². The van der Waals surface area contributed by atoms with Gasteiger partial charge < -0.3 is 10.3 Å². The molecular formula is C9H7N3O2. The Morgan fingerprint density at radius 2 is 2.00 bits per heavy atom. The molecule has 0 unspecified atom stereocenters. The SMILES string of the molecule is Nc1onc(-c2ccccc2)c1N=O. The number of hydrogen-bond donors (Lipinski definition) is 1. The number of nitrogen functional groups attached to an aromatic ring is 1. The Kier molecular flexibility index (Phi) is 1.98. The Balaban J connectivity index is 2.57. The van der Waals surface area contributed by atoms with Gasteiger partial charge in [-0.3, -0.25) is 0 Å². The van der Waals surface area contributed by atoms with Crippen LogP contribution in [0.2, 0.25) is 0 Å². The number of anilines is 1. The topological polar surface area (TPSA) is 81.5 Å². The van der Waals surface area contributed by atoms with Crippen molar-refractivity contribution in [2.75, 3.05) is 5.73 Å². The minimum Gasteiger partial charge on any atom is -0.366 e. The molecule has 0 aliphatic carbocycles. The number of benzene rings is 1. The molecule has 0 saturated heterocycles. The van der Waals surface area contributed by atoms with E-state index >= 15 is 0 Å².